The molecule has 0 radical (unpaired) electrons. The van der Waals surface area contributed by atoms with E-state index in [0.29, 0.717) is 0 Å². The maximum atomic E-state index is 5.90. The summed E-state index contributed by atoms with van der Waals surface area (Å²) in [4.78, 5) is 0. The Kier molecular flexibility index (Phi) is 1.41. The standard InChI is InChI=1S/C9H11N5/c1-5-4-8-11-12-9-6(10)2-3-7(9)14(8)13-5/h4,6H,2-3,10H2,1H3. The number of hydrogen-bond donors (Lipinski definition) is 1. The van der Waals surface area contributed by atoms with E-state index in [0.717, 1.165) is 35.6 Å². The minimum absolute atomic E-state index is 0.0337. The third-order valence-electron chi connectivity index (χ3n) is 2.67. The van der Waals surface area contributed by atoms with Gasteiger partial charge in [-0.3, -0.25) is 0 Å². The van der Waals surface area contributed by atoms with E-state index >= 15 is 0 Å². The Labute approximate surface area is 80.9 Å². The largest absolute Gasteiger partial charge is 0.323 e. The second kappa shape index (κ2) is 2.51. The third kappa shape index (κ3) is 0.899. The first-order valence-corrected chi connectivity index (χ1v) is 4.73. The lowest BCUT2D eigenvalue weighted by molar-refractivity contribution is 0.689. The Morgan fingerprint density at radius 2 is 2.36 bits per heavy atom. The van der Waals surface area contributed by atoms with Crippen LogP contribution in [0.3, 0.4) is 0 Å². The molecule has 1 aliphatic carbocycles. The van der Waals surface area contributed by atoms with Crippen LogP contribution < -0.4 is 5.73 Å². The molecule has 1 unspecified atom stereocenters. The van der Waals surface area contributed by atoms with Crippen molar-refractivity contribution in [1.29, 1.82) is 0 Å². The molecule has 2 aromatic rings. The number of aryl methyl sites for hydroxylation is 2. The number of fused-ring (bicyclic) bond motifs is 3. The molecule has 5 heteroatoms. The van der Waals surface area contributed by atoms with E-state index in [1.54, 1.807) is 0 Å². The Balaban J connectivity index is 2.37. The zero-order valence-electron chi connectivity index (χ0n) is 7.94. The van der Waals surface area contributed by atoms with Gasteiger partial charge in [-0.25, -0.2) is 4.52 Å². The van der Waals surface area contributed by atoms with E-state index in [1.807, 2.05) is 17.5 Å². The first kappa shape index (κ1) is 7.87. The van der Waals surface area contributed by atoms with Gasteiger partial charge in [0.2, 0.25) is 0 Å². The van der Waals surface area contributed by atoms with E-state index in [1.165, 1.54) is 0 Å². The Hall–Kier alpha value is -1.49. The van der Waals surface area contributed by atoms with Gasteiger partial charge in [0.25, 0.3) is 0 Å². The molecular formula is C9H11N5. The van der Waals surface area contributed by atoms with E-state index in [-0.39, 0.29) is 6.04 Å². The molecule has 2 N–H and O–H groups in total. The molecule has 0 aromatic carbocycles. The highest BCUT2D eigenvalue weighted by Gasteiger charge is 2.24. The van der Waals surface area contributed by atoms with Crippen molar-refractivity contribution in [1.82, 2.24) is 19.8 Å². The molecular weight excluding hydrogens is 178 g/mol. The van der Waals surface area contributed by atoms with Crippen molar-refractivity contribution in [2.24, 2.45) is 5.73 Å². The van der Waals surface area contributed by atoms with Gasteiger partial charge < -0.3 is 5.73 Å². The highest BCUT2D eigenvalue weighted by Crippen LogP contribution is 2.26. The molecule has 1 atom stereocenters. The lowest BCUT2D eigenvalue weighted by Gasteiger charge is -2.02. The van der Waals surface area contributed by atoms with Crippen LogP contribution in [0, 0.1) is 6.92 Å². The Bertz CT molecular complexity index is 501. The molecule has 0 aliphatic heterocycles. The van der Waals surface area contributed by atoms with Crippen LogP contribution in [0.25, 0.3) is 5.65 Å². The van der Waals surface area contributed by atoms with Gasteiger partial charge in [-0.15, -0.1) is 10.2 Å². The molecule has 0 fully saturated rings. The fraction of sp³-hybridized carbons (Fsp3) is 0.444. The summed E-state index contributed by atoms with van der Waals surface area (Å²) in [6, 6.07) is 1.96. The summed E-state index contributed by atoms with van der Waals surface area (Å²) in [6.07, 6.45) is 1.89. The summed E-state index contributed by atoms with van der Waals surface area (Å²) in [6.45, 7) is 1.95. The van der Waals surface area contributed by atoms with E-state index in [2.05, 4.69) is 15.3 Å². The van der Waals surface area contributed by atoms with Crippen molar-refractivity contribution in [3.63, 3.8) is 0 Å². The van der Waals surface area contributed by atoms with Crippen LogP contribution in [0.2, 0.25) is 0 Å². The molecule has 72 valence electrons. The lowest BCUT2D eigenvalue weighted by Crippen LogP contribution is -2.10. The fourth-order valence-corrected chi connectivity index (χ4v) is 1.98. The fourth-order valence-electron chi connectivity index (χ4n) is 1.98. The quantitative estimate of drug-likeness (QED) is 0.650. The van der Waals surface area contributed by atoms with Crippen LogP contribution in [0.5, 0.6) is 0 Å². The van der Waals surface area contributed by atoms with Gasteiger partial charge in [-0.2, -0.15) is 5.10 Å². The van der Waals surface area contributed by atoms with Gasteiger partial charge in [0.1, 0.15) is 5.69 Å². The minimum atomic E-state index is 0.0337. The van der Waals surface area contributed by atoms with Gasteiger partial charge in [-0.1, -0.05) is 0 Å². The average molecular weight is 189 g/mol. The third-order valence-corrected chi connectivity index (χ3v) is 2.67. The molecule has 0 amide bonds. The van der Waals surface area contributed by atoms with Crippen LogP contribution in [-0.4, -0.2) is 19.8 Å². The maximum Gasteiger partial charge on any atom is 0.177 e. The monoisotopic (exact) mass is 189 g/mol. The molecule has 3 rings (SSSR count). The number of hydrogen-bond acceptors (Lipinski definition) is 4. The second-order valence-electron chi connectivity index (χ2n) is 3.73. The second-order valence-corrected chi connectivity index (χ2v) is 3.73. The number of rotatable bonds is 0. The SMILES string of the molecule is Cc1cc2nnc3c(n2n1)CCC3N. The summed E-state index contributed by atoms with van der Waals surface area (Å²) in [5.74, 6) is 0. The lowest BCUT2D eigenvalue weighted by atomic mass is 10.3. The minimum Gasteiger partial charge on any atom is -0.323 e. The summed E-state index contributed by atoms with van der Waals surface area (Å²) < 4.78 is 1.87. The topological polar surface area (TPSA) is 69.1 Å². The van der Waals surface area contributed by atoms with Gasteiger partial charge in [0, 0.05) is 6.07 Å². The van der Waals surface area contributed by atoms with Crippen LogP contribution in [0.1, 0.15) is 29.5 Å². The Morgan fingerprint density at radius 3 is 3.21 bits per heavy atom. The predicted octanol–water partition coefficient (Wildman–Crippen LogP) is 0.379. The molecule has 5 nitrogen and oxygen atoms in total. The molecule has 0 saturated heterocycles. The van der Waals surface area contributed by atoms with Crippen molar-refractivity contribution in [2.45, 2.75) is 25.8 Å². The molecule has 14 heavy (non-hydrogen) atoms. The zero-order valence-corrected chi connectivity index (χ0v) is 7.94. The predicted molar refractivity (Wildman–Crippen MR) is 50.8 cm³/mol. The number of nitrogens with zero attached hydrogens (tertiary/aromatic N) is 4. The summed E-state index contributed by atoms with van der Waals surface area (Å²) in [5, 5.41) is 12.6. The highest BCUT2D eigenvalue weighted by atomic mass is 15.3. The van der Waals surface area contributed by atoms with Gasteiger partial charge in [0.05, 0.1) is 17.4 Å². The molecule has 2 aromatic heterocycles. The molecule has 0 bridgehead atoms. The van der Waals surface area contributed by atoms with Gasteiger partial charge in [0.15, 0.2) is 5.65 Å². The number of nitrogens with two attached hydrogens (primary N) is 1. The summed E-state index contributed by atoms with van der Waals surface area (Å²) in [5.41, 5.74) is 9.71. The summed E-state index contributed by atoms with van der Waals surface area (Å²) in [7, 11) is 0. The van der Waals surface area contributed by atoms with Crippen molar-refractivity contribution in [3.8, 4) is 0 Å². The van der Waals surface area contributed by atoms with Crippen molar-refractivity contribution in [2.75, 3.05) is 0 Å². The molecule has 0 spiro atoms. The zero-order chi connectivity index (χ0) is 9.71. The van der Waals surface area contributed by atoms with Crippen molar-refractivity contribution < 1.29 is 0 Å². The molecule has 1 aliphatic rings. The van der Waals surface area contributed by atoms with E-state index in [4.69, 9.17) is 5.73 Å². The maximum absolute atomic E-state index is 5.90. The highest BCUT2D eigenvalue weighted by molar-refractivity contribution is 5.41. The van der Waals surface area contributed by atoms with Crippen molar-refractivity contribution in [3.05, 3.63) is 23.1 Å². The Morgan fingerprint density at radius 1 is 1.50 bits per heavy atom. The first-order valence-electron chi connectivity index (χ1n) is 4.73. The van der Waals surface area contributed by atoms with Crippen molar-refractivity contribution >= 4 is 5.65 Å². The molecule has 0 saturated carbocycles. The van der Waals surface area contributed by atoms with E-state index in [9.17, 15) is 0 Å². The number of aromatic nitrogens is 4. The van der Waals surface area contributed by atoms with Crippen LogP contribution >= 0.6 is 0 Å². The average Bonchev–Trinajstić information content (AvgIpc) is 2.68. The van der Waals surface area contributed by atoms with Crippen LogP contribution in [0.4, 0.5) is 0 Å². The summed E-state index contributed by atoms with van der Waals surface area (Å²) >= 11 is 0. The normalized spacial score (nSPS) is 20.3. The smallest absolute Gasteiger partial charge is 0.177 e. The molecule has 2 heterocycles. The van der Waals surface area contributed by atoms with Gasteiger partial charge in [-0.05, 0) is 19.8 Å². The van der Waals surface area contributed by atoms with Crippen LogP contribution in [-0.2, 0) is 6.42 Å². The van der Waals surface area contributed by atoms with E-state index < -0.39 is 0 Å². The van der Waals surface area contributed by atoms with Gasteiger partial charge >= 0.3 is 0 Å². The first-order chi connectivity index (χ1) is 6.75. The van der Waals surface area contributed by atoms with Crippen LogP contribution in [0.15, 0.2) is 6.07 Å².